The number of nitrogens with two attached hydrogens (primary N) is 1. The number of hydrogen-bond donors (Lipinski definition) is 2. The predicted molar refractivity (Wildman–Crippen MR) is 107 cm³/mol. The summed E-state index contributed by atoms with van der Waals surface area (Å²) in [6, 6.07) is 20.1. The fraction of sp³-hybridized carbons (Fsp3) is 0.381. The molecule has 1 amide bonds. The van der Waals surface area contributed by atoms with E-state index in [0.717, 1.165) is 12.8 Å². The van der Waals surface area contributed by atoms with Crippen LogP contribution in [0, 0.1) is 5.92 Å². The van der Waals surface area contributed by atoms with Gasteiger partial charge in [0.05, 0.1) is 6.04 Å². The molecule has 3 rings (SSSR count). The third-order valence-electron chi connectivity index (χ3n) is 4.96. The summed E-state index contributed by atoms with van der Waals surface area (Å²) in [5.41, 5.74) is 8.57. The smallest absolute Gasteiger partial charge is 0.237 e. The van der Waals surface area contributed by atoms with E-state index in [1.165, 1.54) is 11.1 Å². The van der Waals surface area contributed by atoms with Gasteiger partial charge < -0.3 is 15.8 Å². The molecule has 26 heavy (non-hydrogen) atoms. The highest BCUT2D eigenvalue weighted by Crippen LogP contribution is 2.24. The first-order valence-corrected chi connectivity index (χ1v) is 8.96. The SMILES string of the molecule is Cl.NC(C(=O)NCC(c1ccccc1)c1ccccc1)C1CCOCC1. The molecule has 1 aliphatic rings. The molecule has 2 aromatic rings. The lowest BCUT2D eigenvalue weighted by Gasteiger charge is -2.27. The Hall–Kier alpha value is -1.88. The van der Waals surface area contributed by atoms with Crippen LogP contribution < -0.4 is 11.1 Å². The van der Waals surface area contributed by atoms with E-state index in [1.807, 2.05) is 36.4 Å². The molecule has 0 aliphatic carbocycles. The van der Waals surface area contributed by atoms with E-state index >= 15 is 0 Å². The van der Waals surface area contributed by atoms with Crippen molar-refractivity contribution in [2.24, 2.45) is 11.7 Å². The van der Waals surface area contributed by atoms with Gasteiger partial charge in [0.15, 0.2) is 0 Å². The van der Waals surface area contributed by atoms with Crippen molar-refractivity contribution in [3.8, 4) is 0 Å². The molecule has 2 aromatic carbocycles. The van der Waals surface area contributed by atoms with Crippen LogP contribution in [-0.4, -0.2) is 31.7 Å². The molecule has 5 heteroatoms. The van der Waals surface area contributed by atoms with Crippen LogP contribution >= 0.6 is 12.4 Å². The molecule has 4 nitrogen and oxygen atoms in total. The molecule has 1 unspecified atom stereocenters. The number of carbonyl (C=O) groups is 1. The normalized spacial score (nSPS) is 15.9. The molecule has 1 fully saturated rings. The van der Waals surface area contributed by atoms with Crippen LogP contribution in [0.3, 0.4) is 0 Å². The Balaban J connectivity index is 0.00000243. The van der Waals surface area contributed by atoms with Crippen LogP contribution in [-0.2, 0) is 9.53 Å². The standard InChI is InChI=1S/C21H26N2O2.ClH/c22-20(18-11-13-25-14-12-18)21(24)23-15-19(16-7-3-1-4-8-16)17-9-5-2-6-10-17;/h1-10,18-20H,11-15,22H2,(H,23,24);1H. The molecule has 3 N–H and O–H groups in total. The van der Waals surface area contributed by atoms with Crippen molar-refractivity contribution in [2.75, 3.05) is 19.8 Å². The maximum atomic E-state index is 12.5. The Kier molecular flexibility index (Phi) is 8.10. The van der Waals surface area contributed by atoms with Crippen LogP contribution in [0.4, 0.5) is 0 Å². The average Bonchev–Trinajstić information content (AvgIpc) is 2.70. The van der Waals surface area contributed by atoms with E-state index in [4.69, 9.17) is 10.5 Å². The quantitative estimate of drug-likeness (QED) is 0.816. The van der Waals surface area contributed by atoms with Crippen LogP contribution in [0.15, 0.2) is 60.7 Å². The highest BCUT2D eigenvalue weighted by atomic mass is 35.5. The van der Waals surface area contributed by atoms with Crippen LogP contribution in [0.5, 0.6) is 0 Å². The van der Waals surface area contributed by atoms with Crippen LogP contribution in [0.1, 0.15) is 29.9 Å². The van der Waals surface area contributed by atoms with E-state index in [1.54, 1.807) is 0 Å². The summed E-state index contributed by atoms with van der Waals surface area (Å²) in [6.45, 7) is 1.94. The highest BCUT2D eigenvalue weighted by molar-refractivity contribution is 5.85. The van der Waals surface area contributed by atoms with Gasteiger partial charge in [0.1, 0.15) is 0 Å². The second kappa shape index (κ2) is 10.3. The van der Waals surface area contributed by atoms with Crippen molar-refractivity contribution in [3.63, 3.8) is 0 Å². The molecule has 1 heterocycles. The maximum absolute atomic E-state index is 12.5. The first-order chi connectivity index (χ1) is 12.3. The van der Waals surface area contributed by atoms with Gasteiger partial charge in [0.2, 0.25) is 5.91 Å². The van der Waals surface area contributed by atoms with E-state index in [0.29, 0.717) is 19.8 Å². The lowest BCUT2D eigenvalue weighted by molar-refractivity contribution is -0.124. The van der Waals surface area contributed by atoms with Gasteiger partial charge in [-0.1, -0.05) is 60.7 Å². The number of rotatable bonds is 6. The number of carbonyl (C=O) groups excluding carboxylic acids is 1. The van der Waals surface area contributed by atoms with Gasteiger partial charge in [-0.25, -0.2) is 0 Å². The molecule has 0 radical (unpaired) electrons. The summed E-state index contributed by atoms with van der Waals surface area (Å²) < 4.78 is 5.36. The summed E-state index contributed by atoms with van der Waals surface area (Å²) in [6.07, 6.45) is 1.71. The van der Waals surface area contributed by atoms with Crippen molar-refractivity contribution in [3.05, 3.63) is 71.8 Å². The zero-order valence-corrected chi connectivity index (χ0v) is 15.7. The van der Waals surface area contributed by atoms with E-state index in [9.17, 15) is 4.79 Å². The van der Waals surface area contributed by atoms with Crippen LogP contribution in [0.2, 0.25) is 0 Å². The van der Waals surface area contributed by atoms with Crippen molar-refractivity contribution in [2.45, 2.75) is 24.8 Å². The van der Waals surface area contributed by atoms with E-state index in [2.05, 4.69) is 29.6 Å². The van der Waals surface area contributed by atoms with Crippen molar-refractivity contribution >= 4 is 18.3 Å². The summed E-state index contributed by atoms with van der Waals surface area (Å²) in [4.78, 5) is 12.5. The lowest BCUT2D eigenvalue weighted by Crippen LogP contribution is -2.48. The monoisotopic (exact) mass is 374 g/mol. The Morgan fingerprint density at radius 1 is 1.00 bits per heavy atom. The second-order valence-corrected chi connectivity index (χ2v) is 6.59. The summed E-state index contributed by atoms with van der Waals surface area (Å²) in [5.74, 6) is 0.262. The van der Waals surface area contributed by atoms with Gasteiger partial charge in [0.25, 0.3) is 0 Å². The molecule has 1 aliphatic heterocycles. The predicted octanol–water partition coefficient (Wildman–Crippen LogP) is 3.11. The molecular formula is C21H27ClN2O2. The van der Waals surface area contributed by atoms with Gasteiger partial charge in [-0.3, -0.25) is 4.79 Å². The molecular weight excluding hydrogens is 348 g/mol. The second-order valence-electron chi connectivity index (χ2n) is 6.59. The zero-order chi connectivity index (χ0) is 17.5. The molecule has 0 spiro atoms. The van der Waals surface area contributed by atoms with Crippen molar-refractivity contribution in [1.29, 1.82) is 0 Å². The van der Waals surface area contributed by atoms with E-state index in [-0.39, 0.29) is 30.2 Å². The fourth-order valence-electron chi connectivity index (χ4n) is 3.41. The minimum absolute atomic E-state index is 0. The number of benzene rings is 2. The molecule has 0 saturated carbocycles. The first-order valence-electron chi connectivity index (χ1n) is 8.96. The largest absolute Gasteiger partial charge is 0.381 e. The Bertz CT molecular complexity index is 621. The number of hydrogen-bond acceptors (Lipinski definition) is 3. The van der Waals surface area contributed by atoms with Gasteiger partial charge in [0, 0.05) is 25.7 Å². The molecule has 1 atom stereocenters. The fourth-order valence-corrected chi connectivity index (χ4v) is 3.41. The maximum Gasteiger partial charge on any atom is 0.237 e. The Morgan fingerprint density at radius 3 is 2.00 bits per heavy atom. The molecule has 1 saturated heterocycles. The van der Waals surface area contributed by atoms with Gasteiger partial charge in [-0.15, -0.1) is 12.4 Å². The zero-order valence-electron chi connectivity index (χ0n) is 14.8. The molecule has 140 valence electrons. The highest BCUT2D eigenvalue weighted by Gasteiger charge is 2.27. The Labute approximate surface area is 161 Å². The third kappa shape index (κ3) is 5.31. The molecule has 0 aromatic heterocycles. The van der Waals surface area contributed by atoms with Crippen molar-refractivity contribution < 1.29 is 9.53 Å². The first kappa shape index (κ1) is 20.4. The van der Waals surface area contributed by atoms with Gasteiger partial charge in [-0.2, -0.15) is 0 Å². The minimum Gasteiger partial charge on any atom is -0.381 e. The number of amides is 1. The summed E-state index contributed by atoms with van der Waals surface area (Å²) in [7, 11) is 0. The van der Waals surface area contributed by atoms with Gasteiger partial charge in [-0.05, 0) is 29.9 Å². The average molecular weight is 375 g/mol. The number of halogens is 1. The Morgan fingerprint density at radius 2 is 1.50 bits per heavy atom. The topological polar surface area (TPSA) is 64.4 Å². The summed E-state index contributed by atoms with van der Waals surface area (Å²) >= 11 is 0. The third-order valence-corrected chi connectivity index (χ3v) is 4.96. The van der Waals surface area contributed by atoms with Crippen LogP contribution in [0.25, 0.3) is 0 Å². The van der Waals surface area contributed by atoms with Crippen molar-refractivity contribution in [1.82, 2.24) is 5.32 Å². The number of ether oxygens (including phenoxy) is 1. The molecule has 0 bridgehead atoms. The van der Waals surface area contributed by atoms with E-state index < -0.39 is 6.04 Å². The minimum atomic E-state index is -0.462. The summed E-state index contributed by atoms with van der Waals surface area (Å²) in [5, 5.41) is 3.07. The van der Waals surface area contributed by atoms with Gasteiger partial charge >= 0.3 is 0 Å². The number of nitrogens with one attached hydrogen (secondary N) is 1. The lowest BCUT2D eigenvalue weighted by atomic mass is 9.90.